The Labute approximate surface area is 198 Å². The van der Waals surface area contributed by atoms with Crippen LogP contribution in [0.15, 0.2) is 36.5 Å². The highest BCUT2D eigenvalue weighted by Crippen LogP contribution is 2.23. The van der Waals surface area contributed by atoms with Gasteiger partial charge in [0.05, 0.1) is 17.2 Å². The van der Waals surface area contributed by atoms with Crippen LogP contribution in [0.25, 0.3) is 11.2 Å². The van der Waals surface area contributed by atoms with Crippen LogP contribution in [0.5, 0.6) is 0 Å². The number of anilines is 1. The van der Waals surface area contributed by atoms with Crippen LogP contribution in [0.3, 0.4) is 0 Å². The van der Waals surface area contributed by atoms with Gasteiger partial charge in [-0.3, -0.25) is 19.5 Å². The monoisotopic (exact) mass is 460 g/mol. The number of pyridine rings is 1. The summed E-state index contributed by atoms with van der Waals surface area (Å²) in [6.07, 6.45) is 4.41. The Morgan fingerprint density at radius 2 is 2.15 bits per heavy atom. The van der Waals surface area contributed by atoms with Gasteiger partial charge in [-0.15, -0.1) is 0 Å². The molecule has 1 saturated heterocycles. The molecule has 1 aliphatic rings. The van der Waals surface area contributed by atoms with E-state index in [0.29, 0.717) is 59.3 Å². The lowest BCUT2D eigenvalue weighted by molar-refractivity contribution is 0.0682. The number of piperidine rings is 1. The quantitative estimate of drug-likeness (QED) is 0.540. The molecule has 0 spiro atoms. The van der Waals surface area contributed by atoms with Crippen LogP contribution < -0.4 is 5.32 Å². The van der Waals surface area contributed by atoms with Crippen LogP contribution >= 0.6 is 0 Å². The predicted octanol–water partition coefficient (Wildman–Crippen LogP) is 3.46. The third-order valence-corrected chi connectivity index (χ3v) is 5.99. The summed E-state index contributed by atoms with van der Waals surface area (Å²) in [6, 6.07) is 10.3. The number of hydrogen-bond donors (Lipinski definition) is 1. The van der Waals surface area contributed by atoms with Gasteiger partial charge in [-0.1, -0.05) is 13.0 Å². The van der Waals surface area contributed by atoms with Gasteiger partial charge in [-0.2, -0.15) is 5.26 Å². The van der Waals surface area contributed by atoms with Crippen LogP contribution in [-0.4, -0.2) is 58.1 Å². The van der Waals surface area contributed by atoms with Crippen molar-refractivity contribution in [2.75, 3.05) is 32.1 Å². The Kier molecular flexibility index (Phi) is 7.18. The van der Waals surface area contributed by atoms with Gasteiger partial charge in [0.1, 0.15) is 5.52 Å². The normalized spacial score (nSPS) is 15.8. The van der Waals surface area contributed by atoms with Crippen LogP contribution in [0.1, 0.15) is 52.5 Å². The molecule has 1 atom stereocenters. The highest BCUT2D eigenvalue weighted by Gasteiger charge is 2.24. The molecular formula is C25H28N6O3. The van der Waals surface area contributed by atoms with Crippen LogP contribution in [0.2, 0.25) is 0 Å². The van der Waals surface area contributed by atoms with Crippen molar-refractivity contribution in [1.29, 1.82) is 5.26 Å². The summed E-state index contributed by atoms with van der Waals surface area (Å²) in [7, 11) is 1.63. The first-order valence-corrected chi connectivity index (χ1v) is 11.5. The molecule has 0 saturated carbocycles. The van der Waals surface area contributed by atoms with Crippen molar-refractivity contribution in [3.8, 4) is 6.07 Å². The van der Waals surface area contributed by atoms with Crippen molar-refractivity contribution in [3.63, 3.8) is 0 Å². The van der Waals surface area contributed by atoms with Gasteiger partial charge in [0.2, 0.25) is 5.95 Å². The maximum Gasteiger partial charge on any atom is 0.258 e. The second-order valence-corrected chi connectivity index (χ2v) is 8.65. The predicted molar refractivity (Wildman–Crippen MR) is 127 cm³/mol. The van der Waals surface area contributed by atoms with Crippen molar-refractivity contribution in [2.24, 2.45) is 5.92 Å². The summed E-state index contributed by atoms with van der Waals surface area (Å²) in [5.74, 6) is 0.394. The first-order valence-electron chi connectivity index (χ1n) is 11.5. The molecule has 176 valence electrons. The zero-order valence-electron chi connectivity index (χ0n) is 19.5. The molecule has 3 heterocycles. The van der Waals surface area contributed by atoms with Crippen LogP contribution in [0.4, 0.5) is 5.95 Å². The number of nitrogens with one attached hydrogen (secondary N) is 1. The number of aryl methyl sites for hydroxylation is 1. The Morgan fingerprint density at radius 1 is 1.29 bits per heavy atom. The number of benzene rings is 1. The van der Waals surface area contributed by atoms with Gasteiger partial charge < -0.3 is 9.64 Å². The van der Waals surface area contributed by atoms with E-state index < -0.39 is 0 Å². The molecule has 0 bridgehead atoms. The highest BCUT2D eigenvalue weighted by atomic mass is 16.5. The Balaban J connectivity index is 1.64. The van der Waals surface area contributed by atoms with E-state index in [1.807, 2.05) is 15.5 Å². The molecule has 1 aliphatic heterocycles. The molecule has 4 rings (SSSR count). The van der Waals surface area contributed by atoms with E-state index in [0.717, 1.165) is 25.9 Å². The summed E-state index contributed by atoms with van der Waals surface area (Å²) >= 11 is 0. The average molecular weight is 461 g/mol. The molecular weight excluding hydrogens is 432 g/mol. The number of methoxy groups -OCH3 is 1. The Morgan fingerprint density at radius 3 is 2.91 bits per heavy atom. The molecule has 1 fully saturated rings. The summed E-state index contributed by atoms with van der Waals surface area (Å²) in [5, 5.41) is 12.0. The number of carbonyl (C=O) groups excluding carboxylic acids is 2. The number of aromatic nitrogens is 3. The van der Waals surface area contributed by atoms with Crippen molar-refractivity contribution in [1.82, 2.24) is 19.4 Å². The van der Waals surface area contributed by atoms with Gasteiger partial charge in [0.15, 0.2) is 5.65 Å². The fourth-order valence-corrected chi connectivity index (χ4v) is 4.26. The van der Waals surface area contributed by atoms with Crippen LogP contribution in [-0.2, 0) is 11.3 Å². The van der Waals surface area contributed by atoms with E-state index >= 15 is 0 Å². The number of amides is 2. The number of nitrogens with zero attached hydrogens (tertiary/aromatic N) is 5. The molecule has 9 heteroatoms. The zero-order valence-corrected chi connectivity index (χ0v) is 19.5. The minimum atomic E-state index is -0.376. The first kappa shape index (κ1) is 23.4. The maximum absolute atomic E-state index is 13.1. The maximum atomic E-state index is 13.1. The number of fused-ring (bicyclic) bond motifs is 1. The van der Waals surface area contributed by atoms with Crippen LogP contribution in [0, 0.1) is 17.2 Å². The van der Waals surface area contributed by atoms with E-state index in [-0.39, 0.29) is 11.8 Å². The smallest absolute Gasteiger partial charge is 0.258 e. The lowest BCUT2D eigenvalue weighted by Gasteiger charge is -2.30. The second kappa shape index (κ2) is 10.4. The van der Waals surface area contributed by atoms with Crippen molar-refractivity contribution in [3.05, 3.63) is 53.2 Å². The lowest BCUT2D eigenvalue weighted by atomic mass is 10.00. The van der Waals surface area contributed by atoms with Crippen molar-refractivity contribution in [2.45, 2.75) is 32.7 Å². The van der Waals surface area contributed by atoms with Gasteiger partial charge in [0, 0.05) is 45.1 Å². The Hall–Kier alpha value is -3.77. The lowest BCUT2D eigenvalue weighted by Crippen LogP contribution is -2.39. The fraction of sp³-hybridized carbons (Fsp3) is 0.400. The first-order chi connectivity index (χ1) is 16.5. The molecule has 1 N–H and O–H groups in total. The van der Waals surface area contributed by atoms with Crippen molar-refractivity contribution >= 4 is 28.9 Å². The average Bonchev–Trinajstić information content (AvgIpc) is 3.19. The van der Waals surface area contributed by atoms with E-state index in [2.05, 4.69) is 22.2 Å². The van der Waals surface area contributed by atoms with Gasteiger partial charge in [-0.25, -0.2) is 9.97 Å². The number of likely N-dealkylation sites (tertiary alicyclic amines) is 1. The van der Waals surface area contributed by atoms with E-state index in [4.69, 9.17) is 10.00 Å². The van der Waals surface area contributed by atoms with Gasteiger partial charge >= 0.3 is 0 Å². The number of rotatable bonds is 7. The standard InChI is InChI=1S/C25H28N6O3/c1-17-6-4-9-30(16-17)24(33)20-13-21-22(27-15-20)31(10-5-11-34-2)25(28-21)29-23(32)19-8-3-7-18(12-19)14-26/h3,7-8,12-13,15,17H,4-6,9-11,16H2,1-2H3,(H,28,29,32). The Bertz CT molecular complexity index is 1250. The molecule has 3 aromatic rings. The zero-order chi connectivity index (χ0) is 24.1. The summed E-state index contributed by atoms with van der Waals surface area (Å²) in [5.41, 5.74) is 2.37. The molecule has 9 nitrogen and oxygen atoms in total. The minimum Gasteiger partial charge on any atom is -0.385 e. The molecule has 34 heavy (non-hydrogen) atoms. The molecule has 0 radical (unpaired) electrons. The third-order valence-electron chi connectivity index (χ3n) is 5.99. The molecule has 1 aromatic carbocycles. The topological polar surface area (TPSA) is 113 Å². The fourth-order valence-electron chi connectivity index (χ4n) is 4.26. The van der Waals surface area contributed by atoms with E-state index in [1.54, 1.807) is 37.6 Å². The summed E-state index contributed by atoms with van der Waals surface area (Å²) < 4.78 is 6.99. The van der Waals surface area contributed by atoms with Gasteiger partial charge in [-0.05, 0) is 49.4 Å². The SMILES string of the molecule is COCCCn1c(NC(=O)c2cccc(C#N)c2)nc2cc(C(=O)N3CCCC(C)C3)cnc21. The van der Waals surface area contributed by atoms with Crippen molar-refractivity contribution < 1.29 is 14.3 Å². The summed E-state index contributed by atoms with van der Waals surface area (Å²) in [4.78, 5) is 36.9. The number of imidazole rings is 1. The number of carbonyl (C=O) groups is 2. The largest absolute Gasteiger partial charge is 0.385 e. The molecule has 2 amide bonds. The highest BCUT2D eigenvalue weighted by molar-refractivity contribution is 6.04. The summed E-state index contributed by atoms with van der Waals surface area (Å²) in [6.45, 7) is 4.72. The molecule has 1 unspecified atom stereocenters. The van der Waals surface area contributed by atoms with E-state index in [9.17, 15) is 9.59 Å². The number of nitriles is 1. The molecule has 2 aromatic heterocycles. The van der Waals surface area contributed by atoms with E-state index in [1.165, 1.54) is 6.07 Å². The number of ether oxygens (including phenoxy) is 1. The molecule has 0 aliphatic carbocycles. The minimum absolute atomic E-state index is 0.0474. The third kappa shape index (κ3) is 5.07. The van der Waals surface area contributed by atoms with Gasteiger partial charge in [0.25, 0.3) is 11.8 Å². The second-order valence-electron chi connectivity index (χ2n) is 8.65. The number of hydrogen-bond acceptors (Lipinski definition) is 6.